The molecule has 0 unspecified atom stereocenters. The van der Waals surface area contributed by atoms with Crippen molar-refractivity contribution in [3.8, 4) is 0 Å². The topological polar surface area (TPSA) is 79.1 Å². The number of hydrogen-bond acceptors (Lipinski definition) is 5. The third-order valence-corrected chi connectivity index (χ3v) is 6.52. The van der Waals surface area contributed by atoms with E-state index in [4.69, 9.17) is 9.73 Å². The smallest absolute Gasteiger partial charge is 0.191 e. The van der Waals surface area contributed by atoms with Gasteiger partial charge < -0.3 is 15.4 Å². The first-order valence-corrected chi connectivity index (χ1v) is 11.9. The minimum Gasteiger partial charge on any atom is -0.379 e. The third-order valence-electron chi connectivity index (χ3n) is 6.52. The number of rotatable bonds is 8. The lowest BCUT2D eigenvalue weighted by Gasteiger charge is -2.41. The van der Waals surface area contributed by atoms with Crippen molar-refractivity contribution < 1.29 is 4.74 Å². The van der Waals surface area contributed by atoms with Gasteiger partial charge in [0, 0.05) is 57.3 Å². The van der Waals surface area contributed by atoms with Crippen LogP contribution in [0.5, 0.6) is 0 Å². The Bertz CT molecular complexity index is 844. The average Bonchev–Trinajstić information content (AvgIpc) is 3.22. The first-order chi connectivity index (χ1) is 15.3. The Morgan fingerprint density at radius 2 is 1.94 bits per heavy atom. The summed E-state index contributed by atoms with van der Waals surface area (Å²) in [4.78, 5) is 7.63. The number of aromatic nitrogens is 3. The summed E-state index contributed by atoms with van der Waals surface area (Å²) in [7, 11) is 0. The molecule has 2 fully saturated rings. The lowest BCUT2D eigenvalue weighted by atomic mass is 9.73. The SMILES string of the molecule is CCNC(=NCC1(CN2CCOCC2)CCCCC1)NCCc1nnc2ccccn12.I. The van der Waals surface area contributed by atoms with Crippen molar-refractivity contribution in [3.63, 3.8) is 0 Å². The van der Waals surface area contributed by atoms with Gasteiger partial charge in [0.1, 0.15) is 5.82 Å². The van der Waals surface area contributed by atoms with Gasteiger partial charge in [0.05, 0.1) is 13.2 Å². The Kier molecular flexibility index (Phi) is 9.98. The van der Waals surface area contributed by atoms with Crippen molar-refractivity contribution in [1.82, 2.24) is 30.1 Å². The van der Waals surface area contributed by atoms with Crippen LogP contribution in [0.1, 0.15) is 44.9 Å². The molecule has 2 N–H and O–H groups in total. The molecular weight excluding hydrogens is 517 g/mol. The van der Waals surface area contributed by atoms with Crippen LogP contribution in [-0.4, -0.2) is 77.9 Å². The molecule has 0 spiro atoms. The molecule has 1 saturated carbocycles. The molecule has 0 radical (unpaired) electrons. The highest BCUT2D eigenvalue weighted by molar-refractivity contribution is 14.0. The number of guanidine groups is 1. The average molecular weight is 556 g/mol. The number of halogens is 1. The van der Waals surface area contributed by atoms with Crippen LogP contribution < -0.4 is 10.6 Å². The minimum atomic E-state index is 0. The summed E-state index contributed by atoms with van der Waals surface area (Å²) in [6, 6.07) is 5.98. The molecule has 0 atom stereocenters. The van der Waals surface area contributed by atoms with Gasteiger partial charge in [0.15, 0.2) is 11.6 Å². The van der Waals surface area contributed by atoms with Gasteiger partial charge in [0.2, 0.25) is 0 Å². The Morgan fingerprint density at radius 1 is 1.12 bits per heavy atom. The molecule has 0 bridgehead atoms. The normalized spacial score (nSPS) is 19.5. The largest absolute Gasteiger partial charge is 0.379 e. The van der Waals surface area contributed by atoms with Crippen molar-refractivity contribution in [1.29, 1.82) is 0 Å². The fraction of sp³-hybridized carbons (Fsp3) is 0.696. The maximum absolute atomic E-state index is 5.55. The van der Waals surface area contributed by atoms with Gasteiger partial charge in [-0.15, -0.1) is 34.2 Å². The van der Waals surface area contributed by atoms with Crippen molar-refractivity contribution in [3.05, 3.63) is 30.2 Å². The Labute approximate surface area is 208 Å². The van der Waals surface area contributed by atoms with E-state index in [1.165, 1.54) is 32.1 Å². The Balaban J connectivity index is 0.00000289. The third kappa shape index (κ3) is 6.77. The van der Waals surface area contributed by atoms with E-state index in [2.05, 4.69) is 32.7 Å². The van der Waals surface area contributed by atoms with Crippen molar-refractivity contribution >= 4 is 35.6 Å². The van der Waals surface area contributed by atoms with E-state index in [1.807, 2.05) is 28.8 Å². The van der Waals surface area contributed by atoms with Crippen LogP contribution in [0.2, 0.25) is 0 Å². The maximum Gasteiger partial charge on any atom is 0.191 e. The number of ether oxygens (including phenoxy) is 1. The number of aliphatic imine (C=N–C) groups is 1. The summed E-state index contributed by atoms with van der Waals surface area (Å²) < 4.78 is 7.60. The molecule has 2 aromatic heterocycles. The van der Waals surface area contributed by atoms with Crippen LogP contribution in [0.15, 0.2) is 29.4 Å². The van der Waals surface area contributed by atoms with Crippen molar-refractivity contribution in [2.75, 3.05) is 52.5 Å². The summed E-state index contributed by atoms with van der Waals surface area (Å²) in [5, 5.41) is 15.5. The highest BCUT2D eigenvalue weighted by atomic mass is 127. The van der Waals surface area contributed by atoms with E-state index in [0.29, 0.717) is 5.41 Å². The fourth-order valence-corrected chi connectivity index (χ4v) is 4.84. The van der Waals surface area contributed by atoms with Gasteiger partial charge in [-0.3, -0.25) is 14.3 Å². The molecule has 9 heteroatoms. The highest BCUT2D eigenvalue weighted by Gasteiger charge is 2.34. The molecule has 1 saturated heterocycles. The predicted octanol–water partition coefficient (Wildman–Crippen LogP) is 2.73. The van der Waals surface area contributed by atoms with Gasteiger partial charge in [-0.1, -0.05) is 25.3 Å². The summed E-state index contributed by atoms with van der Waals surface area (Å²) in [5.74, 6) is 1.87. The molecule has 4 rings (SSSR count). The molecule has 32 heavy (non-hydrogen) atoms. The van der Waals surface area contributed by atoms with E-state index in [9.17, 15) is 0 Å². The number of morpholine rings is 1. The van der Waals surface area contributed by atoms with E-state index in [-0.39, 0.29) is 24.0 Å². The van der Waals surface area contributed by atoms with Gasteiger partial charge in [-0.2, -0.15) is 0 Å². The standard InChI is InChI=1S/C23H37N7O.HI/c1-2-24-22(25-12-9-21-28-27-20-8-4-7-13-30(20)21)26-18-23(10-5-3-6-11-23)19-29-14-16-31-17-15-29;/h4,7-8,13H,2-3,5-6,9-12,14-19H2,1H3,(H2,24,25,26);1H. The van der Waals surface area contributed by atoms with E-state index in [1.54, 1.807) is 0 Å². The fourth-order valence-electron chi connectivity index (χ4n) is 4.84. The summed E-state index contributed by atoms with van der Waals surface area (Å²) in [6.07, 6.45) is 9.38. The molecule has 3 heterocycles. The van der Waals surface area contributed by atoms with E-state index < -0.39 is 0 Å². The van der Waals surface area contributed by atoms with Gasteiger partial charge in [-0.05, 0) is 31.9 Å². The van der Waals surface area contributed by atoms with E-state index in [0.717, 1.165) is 76.3 Å². The van der Waals surface area contributed by atoms with Gasteiger partial charge >= 0.3 is 0 Å². The predicted molar refractivity (Wildman–Crippen MR) is 139 cm³/mol. The molecule has 8 nitrogen and oxygen atoms in total. The zero-order valence-corrected chi connectivity index (χ0v) is 21.6. The van der Waals surface area contributed by atoms with Crippen LogP contribution in [0.25, 0.3) is 5.65 Å². The van der Waals surface area contributed by atoms with E-state index >= 15 is 0 Å². The van der Waals surface area contributed by atoms with Crippen LogP contribution in [0, 0.1) is 5.41 Å². The summed E-state index contributed by atoms with van der Waals surface area (Å²) in [6.45, 7) is 9.61. The van der Waals surface area contributed by atoms with Gasteiger partial charge in [-0.25, -0.2) is 0 Å². The number of fused-ring (bicyclic) bond motifs is 1. The minimum absolute atomic E-state index is 0. The molecule has 178 valence electrons. The lowest BCUT2D eigenvalue weighted by molar-refractivity contribution is 0.00937. The number of pyridine rings is 1. The highest BCUT2D eigenvalue weighted by Crippen LogP contribution is 2.37. The first-order valence-electron chi connectivity index (χ1n) is 11.9. The number of nitrogens with one attached hydrogen (secondary N) is 2. The van der Waals surface area contributed by atoms with Crippen molar-refractivity contribution in [2.24, 2.45) is 10.4 Å². The molecule has 2 aliphatic rings. The van der Waals surface area contributed by atoms with Gasteiger partial charge in [0.25, 0.3) is 0 Å². The Morgan fingerprint density at radius 3 is 2.72 bits per heavy atom. The van der Waals surface area contributed by atoms with Crippen molar-refractivity contribution in [2.45, 2.75) is 45.4 Å². The monoisotopic (exact) mass is 555 g/mol. The second kappa shape index (κ2) is 12.7. The second-order valence-electron chi connectivity index (χ2n) is 8.87. The zero-order valence-electron chi connectivity index (χ0n) is 19.3. The summed E-state index contributed by atoms with van der Waals surface area (Å²) in [5.41, 5.74) is 1.18. The van der Waals surface area contributed by atoms with Crippen LogP contribution in [0.3, 0.4) is 0 Å². The van der Waals surface area contributed by atoms with Crippen LogP contribution in [-0.2, 0) is 11.2 Å². The number of nitrogens with zero attached hydrogens (tertiary/aromatic N) is 5. The lowest BCUT2D eigenvalue weighted by Crippen LogP contribution is -2.46. The summed E-state index contributed by atoms with van der Waals surface area (Å²) >= 11 is 0. The molecule has 0 amide bonds. The molecule has 2 aromatic rings. The molecular formula is C23H38IN7O. The second-order valence-corrected chi connectivity index (χ2v) is 8.87. The molecule has 1 aliphatic carbocycles. The zero-order chi connectivity index (χ0) is 21.4. The molecule has 1 aliphatic heterocycles. The maximum atomic E-state index is 5.55. The van der Waals surface area contributed by atoms with Crippen LogP contribution in [0.4, 0.5) is 0 Å². The number of hydrogen-bond donors (Lipinski definition) is 2. The first kappa shape index (κ1) is 25.2. The Hall–Kier alpha value is -1.46. The molecule has 0 aromatic carbocycles. The van der Waals surface area contributed by atoms with Crippen LogP contribution >= 0.6 is 24.0 Å². The quantitative estimate of drug-likeness (QED) is 0.297.